The minimum atomic E-state index is -0.181. The van der Waals surface area contributed by atoms with Crippen LogP contribution in [0.3, 0.4) is 0 Å². The van der Waals surface area contributed by atoms with Crippen LogP contribution in [0, 0.1) is 11.3 Å². The normalized spacial score (nSPS) is 17.0. The number of unbranched alkanes of at least 4 members (excludes halogenated alkanes) is 21. The molecule has 1 atom stereocenters. The lowest BCUT2D eigenvalue weighted by Gasteiger charge is -2.18. The summed E-state index contributed by atoms with van der Waals surface area (Å²) in [5.41, 5.74) is 2.63. The maximum absolute atomic E-state index is 13.8. The minimum Gasteiger partial charge on any atom is -0.493 e. The first-order valence-corrected chi connectivity index (χ1v) is 26.9. The van der Waals surface area contributed by atoms with Crippen LogP contribution >= 0.6 is 47.0 Å². The molecule has 330 valence electrons. The number of fused-ring (bicyclic) bond motifs is 2. The Bertz CT molecular complexity index is 1500. The van der Waals surface area contributed by atoms with E-state index in [2.05, 4.69) is 45.7 Å². The number of nitrogens with one attached hydrogen (secondary N) is 1. The largest absolute Gasteiger partial charge is 0.493 e. The van der Waals surface area contributed by atoms with Crippen molar-refractivity contribution in [2.75, 3.05) is 26.4 Å². The summed E-state index contributed by atoms with van der Waals surface area (Å²) in [6.45, 7) is 15.8. The highest BCUT2D eigenvalue weighted by atomic mass is 32.2. The standard InChI is InChI=1S/C49H76N2O4S4/c1-6-10-14-18-22-23-27-31-38-43-45(58-48(56-43)39(35-50)37(5)53-32-28-24-19-15-11-7-2)42(54-33-29-25-20-16-12-8-3)46-44(38)57-49(59-46)41(40-36-51-40)47(52)55-34-30-26-21-17-13-9-4/h40,51H,5-34,36H2,1-4H3/b48-39+,49-41-. The molecule has 59 heavy (non-hydrogen) atoms. The molecule has 3 heterocycles. The highest BCUT2D eigenvalue weighted by Gasteiger charge is 2.41. The monoisotopic (exact) mass is 884 g/mol. The lowest BCUT2D eigenvalue weighted by molar-refractivity contribution is -0.139. The Labute approximate surface area is 376 Å². The van der Waals surface area contributed by atoms with Crippen molar-refractivity contribution in [2.45, 2.75) is 220 Å². The van der Waals surface area contributed by atoms with Gasteiger partial charge < -0.3 is 19.5 Å². The van der Waals surface area contributed by atoms with Gasteiger partial charge in [-0.1, -0.05) is 216 Å². The summed E-state index contributed by atoms with van der Waals surface area (Å²) < 4.78 is 20.9. The highest BCUT2D eigenvalue weighted by Crippen LogP contribution is 2.66. The molecule has 0 radical (unpaired) electrons. The van der Waals surface area contributed by atoms with Crippen molar-refractivity contribution in [3.05, 3.63) is 37.5 Å². The van der Waals surface area contributed by atoms with E-state index in [0.717, 1.165) is 87.5 Å². The predicted octanol–water partition coefficient (Wildman–Crippen LogP) is 15.8. The Morgan fingerprint density at radius 3 is 1.54 bits per heavy atom. The Kier molecular flexibility index (Phi) is 25.1. The zero-order chi connectivity index (χ0) is 42.1. The van der Waals surface area contributed by atoms with Crippen LogP contribution in [0.4, 0.5) is 0 Å². The third-order valence-corrected chi connectivity index (χ3v) is 16.6. The molecule has 10 heteroatoms. The quantitative estimate of drug-likeness (QED) is 0.0180. The summed E-state index contributed by atoms with van der Waals surface area (Å²) in [7, 11) is 0. The van der Waals surface area contributed by atoms with Crippen LogP contribution in [-0.4, -0.2) is 38.4 Å². The SMILES string of the molecule is C=C(OCCCCCCCC)/C(C#N)=C1\Sc2c(CCCCCCCCC)c3c(c(OCCCCCCCC)c2S1)S/C(=C(\C(=O)OCCCCCCCC)C1CN1)S3. The van der Waals surface area contributed by atoms with Crippen LogP contribution in [0.5, 0.6) is 5.75 Å². The molecule has 6 nitrogen and oxygen atoms in total. The first kappa shape index (κ1) is 50.0. The molecule has 0 amide bonds. The average molecular weight is 885 g/mol. The van der Waals surface area contributed by atoms with Crippen LogP contribution in [0.15, 0.2) is 51.5 Å². The summed E-state index contributed by atoms with van der Waals surface area (Å²) in [6, 6.07) is 2.51. The maximum atomic E-state index is 13.8. The van der Waals surface area contributed by atoms with Gasteiger partial charge in [-0.3, -0.25) is 0 Å². The van der Waals surface area contributed by atoms with Crippen LogP contribution in [0.1, 0.15) is 194 Å². The smallest absolute Gasteiger partial charge is 0.337 e. The van der Waals surface area contributed by atoms with E-state index in [1.807, 2.05) is 0 Å². The van der Waals surface area contributed by atoms with Gasteiger partial charge in [-0.25, -0.2) is 4.79 Å². The van der Waals surface area contributed by atoms with Crippen LogP contribution < -0.4 is 10.1 Å². The van der Waals surface area contributed by atoms with Gasteiger partial charge in [0, 0.05) is 16.3 Å². The molecular formula is C49H76N2O4S4. The van der Waals surface area contributed by atoms with Gasteiger partial charge >= 0.3 is 5.97 Å². The van der Waals surface area contributed by atoms with E-state index in [-0.39, 0.29) is 12.0 Å². The number of thioether (sulfide) groups is 4. The minimum absolute atomic E-state index is 0.0288. The molecule has 0 saturated carbocycles. The van der Waals surface area contributed by atoms with Crippen molar-refractivity contribution in [3.8, 4) is 11.8 Å². The van der Waals surface area contributed by atoms with E-state index in [1.165, 1.54) is 131 Å². The lowest BCUT2D eigenvalue weighted by Crippen LogP contribution is -2.15. The topological polar surface area (TPSA) is 90.5 Å². The second kappa shape index (κ2) is 29.6. The van der Waals surface area contributed by atoms with Gasteiger partial charge in [0.25, 0.3) is 0 Å². The summed E-state index contributed by atoms with van der Waals surface area (Å²) in [5, 5.41) is 14.0. The number of benzene rings is 1. The zero-order valence-corrected chi connectivity index (χ0v) is 40.5. The van der Waals surface area contributed by atoms with E-state index in [1.54, 1.807) is 47.0 Å². The number of carbonyl (C=O) groups is 1. The second-order valence-electron chi connectivity index (χ2n) is 16.4. The summed E-state index contributed by atoms with van der Waals surface area (Å²) in [5.74, 6) is 1.19. The second-order valence-corrected chi connectivity index (χ2v) is 21.0. The van der Waals surface area contributed by atoms with E-state index in [0.29, 0.717) is 31.2 Å². The average Bonchev–Trinajstić information content (AvgIpc) is 3.82. The number of nitrogens with zero attached hydrogens (tertiary/aromatic N) is 1. The molecule has 1 fully saturated rings. The first-order chi connectivity index (χ1) is 29.0. The number of nitriles is 1. The maximum Gasteiger partial charge on any atom is 0.337 e. The van der Waals surface area contributed by atoms with Crippen LogP contribution in [0.25, 0.3) is 0 Å². The number of ether oxygens (including phenoxy) is 3. The van der Waals surface area contributed by atoms with Crippen LogP contribution in [0.2, 0.25) is 0 Å². The van der Waals surface area contributed by atoms with Crippen molar-refractivity contribution < 1.29 is 19.0 Å². The van der Waals surface area contributed by atoms with Crippen molar-refractivity contribution in [2.24, 2.45) is 0 Å². The molecule has 1 unspecified atom stereocenters. The van der Waals surface area contributed by atoms with Gasteiger partial charge in [-0.15, -0.1) is 0 Å². The fourth-order valence-electron chi connectivity index (χ4n) is 7.51. The Hall–Kier alpha value is -1.64. The van der Waals surface area contributed by atoms with Gasteiger partial charge in [0.1, 0.15) is 23.2 Å². The fourth-order valence-corrected chi connectivity index (χ4v) is 13.4. The number of carbonyl (C=O) groups excluding carboxylic acids is 1. The number of hydrogen-bond donors (Lipinski definition) is 1. The third-order valence-electron chi connectivity index (χ3n) is 11.2. The van der Waals surface area contributed by atoms with E-state index in [4.69, 9.17) is 14.2 Å². The predicted molar refractivity (Wildman–Crippen MR) is 255 cm³/mol. The molecule has 0 aliphatic carbocycles. The van der Waals surface area contributed by atoms with Crippen molar-refractivity contribution in [1.82, 2.24) is 5.32 Å². The van der Waals surface area contributed by atoms with Gasteiger partial charge in [0.15, 0.2) is 0 Å². The van der Waals surface area contributed by atoms with Gasteiger partial charge in [0.05, 0.1) is 49.7 Å². The number of hydrogen-bond acceptors (Lipinski definition) is 10. The number of rotatable bonds is 34. The van der Waals surface area contributed by atoms with Crippen molar-refractivity contribution in [1.29, 1.82) is 5.26 Å². The summed E-state index contributed by atoms with van der Waals surface area (Å²) in [6.07, 6.45) is 30.9. The van der Waals surface area contributed by atoms with E-state index in [9.17, 15) is 10.1 Å². The molecule has 0 aromatic heterocycles. The summed E-state index contributed by atoms with van der Waals surface area (Å²) in [4.78, 5) is 18.5. The van der Waals surface area contributed by atoms with Crippen molar-refractivity contribution in [3.63, 3.8) is 0 Å². The van der Waals surface area contributed by atoms with Gasteiger partial charge in [0.2, 0.25) is 0 Å². The molecule has 1 N–H and O–H groups in total. The van der Waals surface area contributed by atoms with Crippen LogP contribution in [-0.2, 0) is 20.7 Å². The molecule has 3 aliphatic rings. The van der Waals surface area contributed by atoms with E-state index < -0.39 is 0 Å². The molecule has 0 spiro atoms. The molecule has 1 saturated heterocycles. The zero-order valence-electron chi connectivity index (χ0n) is 37.2. The Morgan fingerprint density at radius 2 is 1.03 bits per heavy atom. The molecule has 0 bridgehead atoms. The highest BCUT2D eigenvalue weighted by molar-refractivity contribution is 8.25. The molecule has 3 aliphatic heterocycles. The molecule has 1 aromatic rings. The molecule has 4 rings (SSSR count). The first-order valence-electron chi connectivity index (χ1n) is 23.7. The summed E-state index contributed by atoms with van der Waals surface area (Å²) >= 11 is 6.79. The third kappa shape index (κ3) is 16.9. The van der Waals surface area contributed by atoms with Gasteiger partial charge in [-0.2, -0.15) is 5.26 Å². The molecule has 1 aromatic carbocycles. The lowest BCUT2D eigenvalue weighted by atomic mass is 10.0. The van der Waals surface area contributed by atoms with Crippen molar-refractivity contribution >= 4 is 53.0 Å². The Balaban J connectivity index is 1.63. The Morgan fingerprint density at radius 1 is 0.610 bits per heavy atom. The fraction of sp³-hybridized carbons (Fsp3) is 0.714. The van der Waals surface area contributed by atoms with Gasteiger partial charge in [-0.05, 0) is 37.7 Å². The number of allylic oxidation sites excluding steroid dienone is 1. The number of esters is 1. The van der Waals surface area contributed by atoms with E-state index >= 15 is 0 Å². The molecular weight excluding hydrogens is 809 g/mol.